The van der Waals surface area contributed by atoms with Crippen LogP contribution >= 0.6 is 0 Å². The number of nitrogens with one attached hydrogen (secondary N) is 1. The van der Waals surface area contributed by atoms with E-state index in [1.165, 1.54) is 0 Å². The van der Waals surface area contributed by atoms with Gasteiger partial charge in [0, 0.05) is 25.2 Å². The maximum Gasteiger partial charge on any atom is 0.216 e. The molecule has 0 amide bonds. The third kappa shape index (κ3) is 1.27. The second kappa shape index (κ2) is 2.07. The molecule has 1 rings (SSSR count). The van der Waals surface area contributed by atoms with Crippen LogP contribution in [0.1, 0.15) is 0 Å². The van der Waals surface area contributed by atoms with Crippen LogP contribution in [-0.2, 0) is 12.6 Å². The van der Waals surface area contributed by atoms with E-state index in [1.54, 1.807) is 0 Å². The molecule has 0 aliphatic carbocycles. The van der Waals surface area contributed by atoms with Gasteiger partial charge >= 0.3 is 0 Å². The monoisotopic (exact) mass is 114 g/mol. The molecule has 38 valence electrons. The summed E-state index contributed by atoms with van der Waals surface area (Å²) in [7, 11) is 0. The average molecular weight is 114 g/mol. The first-order valence-corrected chi connectivity index (χ1v) is 2.72. The van der Waals surface area contributed by atoms with Crippen LogP contribution in [0.5, 0.6) is 0 Å². The minimum Gasteiger partial charge on any atom is -0.343 e. The topological polar surface area (TPSA) is 12.0 Å². The molecule has 1 N–H and O–H groups in total. The normalized spacial score (nSPS) is 18.1. The third-order valence-corrected chi connectivity index (χ3v) is 1.15. The number of allylic oxidation sites excluding steroid dienone is 2. The Morgan fingerprint density at radius 3 is 2.86 bits per heavy atom. The first-order chi connectivity index (χ1) is 3.39. The summed E-state index contributed by atoms with van der Waals surface area (Å²) in [5.41, 5.74) is 0. The van der Waals surface area contributed by atoms with E-state index < -0.39 is 0 Å². The zero-order chi connectivity index (χ0) is 5.11. The van der Waals surface area contributed by atoms with E-state index >= 15 is 0 Å². The molecule has 0 aromatic carbocycles. The molecule has 0 aromatic rings. The second-order valence-corrected chi connectivity index (χ2v) is 1.93. The van der Waals surface area contributed by atoms with Crippen LogP contribution < -0.4 is 5.32 Å². The van der Waals surface area contributed by atoms with Gasteiger partial charge in [-0.1, -0.05) is 12.2 Å². The number of hydrogen-bond acceptors (Lipinski definition) is 1. The molecule has 7 heavy (non-hydrogen) atoms. The zero-order valence-electron chi connectivity index (χ0n) is 3.94. The summed E-state index contributed by atoms with van der Waals surface area (Å²) in [6, 6.07) is 0. The largest absolute Gasteiger partial charge is 0.343 e. The van der Waals surface area contributed by atoms with Gasteiger partial charge in [-0.05, 0) is 0 Å². The Balaban J connectivity index is 2.57. The highest BCUT2D eigenvalue weighted by Gasteiger charge is 1.92. The van der Waals surface area contributed by atoms with E-state index in [4.69, 9.17) is 0 Å². The Morgan fingerprint density at radius 1 is 1.71 bits per heavy atom. The average Bonchev–Trinajstić information content (AvgIpc) is 1.69. The quantitative estimate of drug-likeness (QED) is 0.437. The van der Waals surface area contributed by atoms with Gasteiger partial charge in [-0.2, -0.15) is 0 Å². The predicted octanol–water partition coefficient (Wildman–Crippen LogP) is -0.00130. The number of rotatable bonds is 0. The van der Waals surface area contributed by atoms with Crippen LogP contribution in [0.25, 0.3) is 0 Å². The van der Waals surface area contributed by atoms with Crippen molar-refractivity contribution >= 4 is 12.6 Å². The van der Waals surface area contributed by atoms with E-state index in [-0.39, 0.29) is 0 Å². The first-order valence-electron chi connectivity index (χ1n) is 2.22. The lowest BCUT2D eigenvalue weighted by Crippen LogP contribution is -2.12. The highest BCUT2D eigenvalue weighted by Crippen LogP contribution is 1.90. The third-order valence-electron chi connectivity index (χ3n) is 0.809. The van der Waals surface area contributed by atoms with Gasteiger partial charge in [0.2, 0.25) is 5.03 Å². The molecule has 0 unspecified atom stereocenters. The van der Waals surface area contributed by atoms with Crippen molar-refractivity contribution in [3.05, 3.63) is 23.3 Å². The molecule has 1 nitrogen and oxygen atoms in total. The van der Waals surface area contributed by atoms with Gasteiger partial charge in [-0.25, -0.2) is 0 Å². The van der Waals surface area contributed by atoms with Crippen LogP contribution in [0.4, 0.5) is 0 Å². The molecule has 0 aromatic heterocycles. The van der Waals surface area contributed by atoms with Crippen molar-refractivity contribution in [2.75, 3.05) is 6.54 Å². The molecule has 0 spiro atoms. The van der Waals surface area contributed by atoms with Crippen molar-refractivity contribution in [1.82, 2.24) is 5.32 Å². The Kier molecular flexibility index (Phi) is 1.42. The highest BCUT2D eigenvalue weighted by atomic mass is 32.1. The lowest BCUT2D eigenvalue weighted by molar-refractivity contribution is 0.955. The molecule has 0 atom stereocenters. The molecular weight excluding hydrogens is 106 g/mol. The lowest BCUT2D eigenvalue weighted by Gasteiger charge is -1.97. The van der Waals surface area contributed by atoms with E-state index in [0.717, 1.165) is 11.6 Å². The summed E-state index contributed by atoms with van der Waals surface area (Å²) < 4.78 is 0. The lowest BCUT2D eigenvalue weighted by atomic mass is 10.4. The van der Waals surface area contributed by atoms with Crippen molar-refractivity contribution in [1.29, 1.82) is 0 Å². The smallest absolute Gasteiger partial charge is 0.216 e. The number of dihydropyridines is 1. The van der Waals surface area contributed by atoms with Gasteiger partial charge in [-0.15, -0.1) is 0 Å². The first kappa shape index (κ1) is 4.78. The Labute approximate surface area is 48.5 Å². The molecule has 1 aliphatic heterocycles. The van der Waals surface area contributed by atoms with Crippen LogP contribution in [0.2, 0.25) is 0 Å². The number of hydrogen-bond donors (Lipinski definition) is 1. The van der Waals surface area contributed by atoms with Crippen molar-refractivity contribution in [2.45, 2.75) is 0 Å². The molecular formula is C5H8NS+. The van der Waals surface area contributed by atoms with Gasteiger partial charge in [0.25, 0.3) is 0 Å². The molecule has 0 radical (unpaired) electrons. The maximum absolute atomic E-state index is 3.33. The van der Waals surface area contributed by atoms with Gasteiger partial charge in [0.1, 0.15) is 0 Å². The summed E-state index contributed by atoms with van der Waals surface area (Å²) in [6.07, 6.45) is 6.04. The SMILES string of the molecule is [SH2+]C1=CC=CCN1. The summed E-state index contributed by atoms with van der Waals surface area (Å²) in [4.78, 5) is 0. The highest BCUT2D eigenvalue weighted by molar-refractivity contribution is 7.63. The maximum atomic E-state index is 3.33. The van der Waals surface area contributed by atoms with Gasteiger partial charge < -0.3 is 5.32 Å². The molecule has 0 saturated carbocycles. The Bertz CT molecular complexity index is 115. The van der Waals surface area contributed by atoms with Crippen molar-refractivity contribution in [2.24, 2.45) is 0 Å². The van der Waals surface area contributed by atoms with E-state index in [0.29, 0.717) is 0 Å². The van der Waals surface area contributed by atoms with Crippen LogP contribution in [0.3, 0.4) is 0 Å². The minimum atomic E-state index is 0.940. The molecule has 2 heteroatoms. The van der Waals surface area contributed by atoms with Crippen LogP contribution in [-0.4, -0.2) is 6.54 Å². The Hall–Kier alpha value is -0.370. The predicted molar refractivity (Wildman–Crippen MR) is 35.4 cm³/mol. The van der Waals surface area contributed by atoms with Crippen LogP contribution in [0.15, 0.2) is 23.3 Å². The molecule has 0 fully saturated rings. The van der Waals surface area contributed by atoms with E-state index in [2.05, 4.69) is 24.0 Å². The fourth-order valence-electron chi connectivity index (χ4n) is 0.460. The second-order valence-electron chi connectivity index (χ2n) is 1.39. The fraction of sp³-hybridized carbons (Fsp3) is 0.200. The van der Waals surface area contributed by atoms with E-state index in [1.807, 2.05) is 12.2 Å². The molecule has 0 saturated heterocycles. The van der Waals surface area contributed by atoms with Crippen molar-refractivity contribution in [3.8, 4) is 0 Å². The van der Waals surface area contributed by atoms with Crippen molar-refractivity contribution in [3.63, 3.8) is 0 Å². The summed E-state index contributed by atoms with van der Waals surface area (Å²) in [5, 5.41) is 4.13. The zero-order valence-corrected chi connectivity index (χ0v) is 4.94. The summed E-state index contributed by atoms with van der Waals surface area (Å²) in [5.74, 6) is 0. The summed E-state index contributed by atoms with van der Waals surface area (Å²) >= 11 is 3.33. The van der Waals surface area contributed by atoms with E-state index in [9.17, 15) is 0 Å². The molecule has 0 bridgehead atoms. The Morgan fingerprint density at radius 2 is 2.57 bits per heavy atom. The van der Waals surface area contributed by atoms with Gasteiger partial charge in [0.05, 0.1) is 0 Å². The molecule has 1 heterocycles. The van der Waals surface area contributed by atoms with Gasteiger partial charge in [-0.3, -0.25) is 0 Å². The standard InChI is InChI=1S/C5H7NS/c7-5-3-1-2-4-6-5/h1-3,6-7H,4H2/p+1. The molecule has 1 aliphatic rings. The van der Waals surface area contributed by atoms with Crippen LogP contribution in [0, 0.1) is 0 Å². The van der Waals surface area contributed by atoms with Crippen molar-refractivity contribution < 1.29 is 0 Å². The minimum absolute atomic E-state index is 0.940. The van der Waals surface area contributed by atoms with Gasteiger partial charge in [0.15, 0.2) is 0 Å². The summed E-state index contributed by atoms with van der Waals surface area (Å²) in [6.45, 7) is 0.940. The fourth-order valence-corrected chi connectivity index (χ4v) is 0.658.